The summed E-state index contributed by atoms with van der Waals surface area (Å²) in [5.74, 6) is 1.05. The molecule has 25 heavy (non-hydrogen) atoms. The van der Waals surface area contributed by atoms with Gasteiger partial charge in [-0.05, 0) is 40.7 Å². The van der Waals surface area contributed by atoms with Crippen molar-refractivity contribution in [3.05, 3.63) is 40.0 Å². The minimum absolute atomic E-state index is 0.157. The highest BCUT2D eigenvalue weighted by Crippen LogP contribution is 2.20. The smallest absolute Gasteiger partial charge is 0.255 e. The van der Waals surface area contributed by atoms with Crippen LogP contribution in [0.1, 0.15) is 45.7 Å². The Morgan fingerprint density at radius 1 is 1.16 bits per heavy atom. The first-order valence-electron chi connectivity index (χ1n) is 9.02. The summed E-state index contributed by atoms with van der Waals surface area (Å²) in [6, 6.07) is 2.03. The highest BCUT2D eigenvalue weighted by atomic mass is 16.5. The lowest BCUT2D eigenvalue weighted by atomic mass is 10.1. The average molecular weight is 344 g/mol. The van der Waals surface area contributed by atoms with Gasteiger partial charge in [0.2, 0.25) is 0 Å². The molecule has 0 unspecified atom stereocenters. The molecule has 1 fully saturated rings. The quantitative estimate of drug-likeness (QED) is 0.856. The van der Waals surface area contributed by atoms with Crippen LogP contribution in [0, 0.1) is 27.7 Å². The summed E-state index contributed by atoms with van der Waals surface area (Å²) < 4.78 is 7.44. The number of aryl methyl sites for hydroxylation is 3. The van der Waals surface area contributed by atoms with Crippen molar-refractivity contribution in [2.24, 2.45) is 0 Å². The molecule has 1 aliphatic rings. The Hall–Kier alpha value is -2.08. The molecular formula is C19H28N4O2. The van der Waals surface area contributed by atoms with E-state index in [-0.39, 0.29) is 5.91 Å². The lowest BCUT2D eigenvalue weighted by Gasteiger charge is -2.34. The van der Waals surface area contributed by atoms with Gasteiger partial charge in [0.25, 0.3) is 5.91 Å². The van der Waals surface area contributed by atoms with E-state index in [4.69, 9.17) is 4.52 Å². The number of rotatable bonds is 4. The summed E-state index contributed by atoms with van der Waals surface area (Å²) in [6.07, 6.45) is 0. The average Bonchev–Trinajstić information content (AvgIpc) is 3.07. The second kappa shape index (κ2) is 7.04. The lowest BCUT2D eigenvalue weighted by molar-refractivity contribution is 0.0626. The molecule has 1 aliphatic heterocycles. The zero-order valence-corrected chi connectivity index (χ0v) is 15.9. The van der Waals surface area contributed by atoms with Crippen LogP contribution in [-0.4, -0.2) is 51.6 Å². The van der Waals surface area contributed by atoms with Crippen LogP contribution in [0.2, 0.25) is 0 Å². The molecule has 0 bridgehead atoms. The standard InChI is InChI=1S/C19H28N4O2/c1-6-23-13(2)11-17(15(23)4)19(24)22-9-7-21(8-10-22)12-18-14(3)20-25-16(18)5/h11H,6-10,12H2,1-5H3. The summed E-state index contributed by atoms with van der Waals surface area (Å²) in [6.45, 7) is 15.2. The van der Waals surface area contributed by atoms with Crippen LogP contribution >= 0.6 is 0 Å². The van der Waals surface area contributed by atoms with Gasteiger partial charge in [0.05, 0.1) is 11.3 Å². The number of hydrogen-bond acceptors (Lipinski definition) is 4. The third-order valence-electron chi connectivity index (χ3n) is 5.34. The van der Waals surface area contributed by atoms with Crippen molar-refractivity contribution in [3.8, 4) is 0 Å². The molecule has 2 aromatic rings. The van der Waals surface area contributed by atoms with Gasteiger partial charge in [0.15, 0.2) is 0 Å². The summed E-state index contributed by atoms with van der Waals surface area (Å²) in [5.41, 5.74) is 5.20. The van der Waals surface area contributed by atoms with Crippen LogP contribution in [-0.2, 0) is 13.1 Å². The number of aromatic nitrogens is 2. The number of amides is 1. The Kier molecular flexibility index (Phi) is 4.99. The molecule has 0 atom stereocenters. The normalized spacial score (nSPS) is 15.8. The Morgan fingerprint density at radius 3 is 2.36 bits per heavy atom. The van der Waals surface area contributed by atoms with Crippen LogP contribution in [0.3, 0.4) is 0 Å². The Labute approximate surface area is 149 Å². The van der Waals surface area contributed by atoms with Crippen molar-refractivity contribution in [3.63, 3.8) is 0 Å². The molecule has 0 spiro atoms. The second-order valence-corrected chi connectivity index (χ2v) is 6.90. The van der Waals surface area contributed by atoms with Crippen molar-refractivity contribution in [2.45, 2.75) is 47.7 Å². The third kappa shape index (κ3) is 3.35. The molecule has 3 heterocycles. The van der Waals surface area contributed by atoms with Gasteiger partial charge in [0, 0.05) is 56.2 Å². The Morgan fingerprint density at radius 2 is 1.84 bits per heavy atom. The van der Waals surface area contributed by atoms with E-state index < -0.39 is 0 Å². The fourth-order valence-corrected chi connectivity index (χ4v) is 3.73. The molecule has 0 N–H and O–H groups in total. The maximum Gasteiger partial charge on any atom is 0.255 e. The monoisotopic (exact) mass is 344 g/mol. The number of nitrogens with zero attached hydrogens (tertiary/aromatic N) is 4. The van der Waals surface area contributed by atoms with E-state index >= 15 is 0 Å². The first kappa shape index (κ1) is 17.7. The van der Waals surface area contributed by atoms with Crippen LogP contribution in [0.25, 0.3) is 0 Å². The highest BCUT2D eigenvalue weighted by molar-refractivity contribution is 5.95. The maximum absolute atomic E-state index is 12.9. The van der Waals surface area contributed by atoms with Gasteiger partial charge in [-0.1, -0.05) is 5.16 Å². The van der Waals surface area contributed by atoms with Crippen molar-refractivity contribution >= 4 is 5.91 Å². The molecule has 0 aromatic carbocycles. The molecule has 136 valence electrons. The number of carbonyl (C=O) groups is 1. The summed E-state index contributed by atoms with van der Waals surface area (Å²) >= 11 is 0. The maximum atomic E-state index is 12.9. The number of hydrogen-bond donors (Lipinski definition) is 0. The van der Waals surface area contributed by atoms with E-state index in [1.807, 2.05) is 31.7 Å². The van der Waals surface area contributed by atoms with Crippen LogP contribution in [0.15, 0.2) is 10.6 Å². The third-order valence-corrected chi connectivity index (χ3v) is 5.34. The second-order valence-electron chi connectivity index (χ2n) is 6.90. The van der Waals surface area contributed by atoms with Gasteiger partial charge >= 0.3 is 0 Å². The molecule has 1 amide bonds. The molecule has 0 aliphatic carbocycles. The topological polar surface area (TPSA) is 54.5 Å². The Bertz CT molecular complexity index is 747. The van der Waals surface area contributed by atoms with Gasteiger partial charge in [-0.3, -0.25) is 9.69 Å². The molecule has 6 nitrogen and oxygen atoms in total. The SMILES string of the molecule is CCn1c(C)cc(C(=O)N2CCN(Cc3c(C)noc3C)CC2)c1C. The zero-order valence-electron chi connectivity index (χ0n) is 15.9. The van der Waals surface area contributed by atoms with Crippen molar-refractivity contribution in [1.82, 2.24) is 19.5 Å². The van der Waals surface area contributed by atoms with Crippen LogP contribution in [0.4, 0.5) is 0 Å². The minimum Gasteiger partial charge on any atom is -0.361 e. The first-order chi connectivity index (χ1) is 11.9. The van der Waals surface area contributed by atoms with E-state index in [0.717, 1.165) is 67.7 Å². The fourth-order valence-electron chi connectivity index (χ4n) is 3.73. The fraction of sp³-hybridized carbons (Fsp3) is 0.579. The first-order valence-corrected chi connectivity index (χ1v) is 9.02. The van der Waals surface area contributed by atoms with Gasteiger partial charge in [-0.25, -0.2) is 0 Å². The van der Waals surface area contributed by atoms with Crippen LogP contribution < -0.4 is 0 Å². The predicted octanol–water partition coefficient (Wildman–Crippen LogP) is 2.69. The van der Waals surface area contributed by atoms with E-state index in [1.165, 1.54) is 5.56 Å². The van der Waals surface area contributed by atoms with Crippen molar-refractivity contribution in [1.29, 1.82) is 0 Å². The molecular weight excluding hydrogens is 316 g/mol. The molecule has 0 radical (unpaired) electrons. The number of carbonyl (C=O) groups excluding carboxylic acids is 1. The van der Waals surface area contributed by atoms with E-state index in [9.17, 15) is 4.79 Å². The molecule has 0 saturated carbocycles. The van der Waals surface area contributed by atoms with Gasteiger partial charge in [0.1, 0.15) is 5.76 Å². The van der Waals surface area contributed by atoms with Gasteiger partial charge < -0.3 is 14.0 Å². The molecule has 3 rings (SSSR count). The molecule has 6 heteroatoms. The largest absolute Gasteiger partial charge is 0.361 e. The molecule has 1 saturated heterocycles. The summed E-state index contributed by atoms with van der Waals surface area (Å²) in [7, 11) is 0. The highest BCUT2D eigenvalue weighted by Gasteiger charge is 2.25. The predicted molar refractivity (Wildman–Crippen MR) is 96.7 cm³/mol. The Balaban J connectivity index is 1.63. The van der Waals surface area contributed by atoms with Gasteiger partial charge in [-0.15, -0.1) is 0 Å². The molecule has 2 aromatic heterocycles. The van der Waals surface area contributed by atoms with Crippen LogP contribution in [0.5, 0.6) is 0 Å². The van der Waals surface area contributed by atoms with Gasteiger partial charge in [-0.2, -0.15) is 0 Å². The lowest BCUT2D eigenvalue weighted by Crippen LogP contribution is -2.48. The van der Waals surface area contributed by atoms with Crippen molar-refractivity contribution in [2.75, 3.05) is 26.2 Å². The van der Waals surface area contributed by atoms with Crippen molar-refractivity contribution < 1.29 is 9.32 Å². The van der Waals surface area contributed by atoms with E-state index in [0.29, 0.717) is 0 Å². The number of piperazine rings is 1. The minimum atomic E-state index is 0.157. The summed E-state index contributed by atoms with van der Waals surface area (Å²) in [5, 5.41) is 4.02. The zero-order chi connectivity index (χ0) is 18.1. The van der Waals surface area contributed by atoms with E-state index in [1.54, 1.807) is 0 Å². The summed E-state index contributed by atoms with van der Waals surface area (Å²) in [4.78, 5) is 17.2. The van der Waals surface area contributed by atoms with E-state index in [2.05, 4.69) is 28.5 Å².